The summed E-state index contributed by atoms with van der Waals surface area (Å²) in [4.78, 5) is 29.1. The highest BCUT2D eigenvalue weighted by molar-refractivity contribution is 7.09. The fourth-order valence-corrected chi connectivity index (χ4v) is 3.68. The van der Waals surface area contributed by atoms with Crippen LogP contribution in [-0.2, 0) is 9.53 Å². The van der Waals surface area contributed by atoms with Crippen molar-refractivity contribution in [3.63, 3.8) is 0 Å². The molecule has 2 heterocycles. The molecule has 0 aliphatic rings. The van der Waals surface area contributed by atoms with E-state index < -0.39 is 24.3 Å². The standard InChI is InChI=1S/C20H18N4O3S/c1-12-11-28-19(22-12)16(9-21)17(25)10-27-20(26)18-13(2)23-24(14(18)3)15-7-5-4-6-8-15/h4-8,11,16H,10H2,1-3H3/t16-/m1/s1. The van der Waals surface area contributed by atoms with Crippen molar-refractivity contribution in [1.29, 1.82) is 5.26 Å². The predicted molar refractivity (Wildman–Crippen MR) is 104 cm³/mol. The van der Waals surface area contributed by atoms with E-state index in [1.54, 1.807) is 30.8 Å². The first-order chi connectivity index (χ1) is 13.4. The van der Waals surface area contributed by atoms with E-state index >= 15 is 0 Å². The number of carbonyl (C=O) groups is 2. The lowest BCUT2D eigenvalue weighted by Crippen LogP contribution is -2.20. The molecule has 0 radical (unpaired) electrons. The molecule has 3 aromatic rings. The third-order valence-electron chi connectivity index (χ3n) is 4.18. The maximum Gasteiger partial charge on any atom is 0.342 e. The van der Waals surface area contributed by atoms with Crippen molar-refractivity contribution in [2.75, 3.05) is 6.61 Å². The molecule has 0 aliphatic carbocycles. The number of ether oxygens (including phenoxy) is 1. The Bertz CT molecular complexity index is 1060. The minimum absolute atomic E-state index is 0.315. The van der Waals surface area contributed by atoms with Gasteiger partial charge in [-0.2, -0.15) is 10.4 Å². The third kappa shape index (κ3) is 3.85. The van der Waals surface area contributed by atoms with Crippen molar-refractivity contribution in [3.8, 4) is 11.8 Å². The zero-order valence-electron chi connectivity index (χ0n) is 15.7. The lowest BCUT2D eigenvalue weighted by atomic mass is 10.1. The molecule has 0 spiro atoms. The number of esters is 1. The first-order valence-electron chi connectivity index (χ1n) is 8.55. The van der Waals surface area contributed by atoms with Crippen LogP contribution in [0.4, 0.5) is 0 Å². The molecule has 1 aromatic carbocycles. The predicted octanol–water partition coefficient (Wildman–Crippen LogP) is 3.29. The van der Waals surface area contributed by atoms with Crippen LogP contribution in [-0.4, -0.2) is 33.1 Å². The highest BCUT2D eigenvalue weighted by atomic mass is 32.1. The van der Waals surface area contributed by atoms with Crippen molar-refractivity contribution < 1.29 is 14.3 Å². The summed E-state index contributed by atoms with van der Waals surface area (Å²) in [5.41, 5.74) is 3.00. The molecular formula is C20H18N4O3S. The zero-order chi connectivity index (χ0) is 20.3. The summed E-state index contributed by atoms with van der Waals surface area (Å²) >= 11 is 1.24. The number of Topliss-reactive ketones (excluding diaryl/α,β-unsaturated/α-hetero) is 1. The number of carbonyl (C=O) groups excluding carboxylic acids is 2. The van der Waals surface area contributed by atoms with Crippen LogP contribution in [0.15, 0.2) is 35.7 Å². The fraction of sp³-hybridized carbons (Fsp3) is 0.250. The summed E-state index contributed by atoms with van der Waals surface area (Å²) in [6.07, 6.45) is 0. The Kier molecular flexibility index (Phi) is 5.66. The molecule has 0 N–H and O–H groups in total. The summed E-state index contributed by atoms with van der Waals surface area (Å²) < 4.78 is 6.85. The summed E-state index contributed by atoms with van der Waals surface area (Å²) in [6, 6.07) is 11.3. The van der Waals surface area contributed by atoms with Crippen molar-refractivity contribution >= 4 is 23.1 Å². The normalized spacial score (nSPS) is 11.6. The Labute approximate surface area is 166 Å². The van der Waals surface area contributed by atoms with Gasteiger partial charge in [0.15, 0.2) is 18.3 Å². The lowest BCUT2D eigenvalue weighted by Gasteiger charge is -2.08. The zero-order valence-corrected chi connectivity index (χ0v) is 16.5. The van der Waals surface area contributed by atoms with Crippen LogP contribution in [0, 0.1) is 32.1 Å². The highest BCUT2D eigenvalue weighted by Gasteiger charge is 2.26. The van der Waals surface area contributed by atoms with Gasteiger partial charge in [0.25, 0.3) is 0 Å². The number of para-hydroxylation sites is 1. The molecule has 3 rings (SSSR count). The second-order valence-corrected chi connectivity index (χ2v) is 7.11. The van der Waals surface area contributed by atoms with Crippen LogP contribution in [0.1, 0.15) is 38.4 Å². The Morgan fingerprint density at radius 1 is 1.25 bits per heavy atom. The average Bonchev–Trinajstić information content (AvgIpc) is 3.24. The highest BCUT2D eigenvalue weighted by Crippen LogP contribution is 2.22. The summed E-state index contributed by atoms with van der Waals surface area (Å²) in [7, 11) is 0. The van der Waals surface area contributed by atoms with Crippen molar-refractivity contribution in [2.45, 2.75) is 26.7 Å². The largest absolute Gasteiger partial charge is 0.454 e. The Balaban J connectivity index is 1.74. The van der Waals surface area contributed by atoms with Crippen molar-refractivity contribution in [3.05, 3.63) is 63.4 Å². The molecule has 0 amide bonds. The molecule has 0 fully saturated rings. The molecule has 8 heteroatoms. The number of thiazole rings is 1. The van der Waals surface area contributed by atoms with Gasteiger partial charge in [-0.05, 0) is 32.9 Å². The number of ketones is 1. The molecule has 142 valence electrons. The molecule has 0 bridgehead atoms. The minimum Gasteiger partial charge on any atom is -0.454 e. The van der Waals surface area contributed by atoms with Gasteiger partial charge in [-0.25, -0.2) is 14.5 Å². The van der Waals surface area contributed by atoms with E-state index in [0.29, 0.717) is 22.0 Å². The van der Waals surface area contributed by atoms with Crippen LogP contribution in [0.2, 0.25) is 0 Å². The maximum absolute atomic E-state index is 12.6. The van der Waals surface area contributed by atoms with Crippen LogP contribution >= 0.6 is 11.3 Å². The Morgan fingerprint density at radius 3 is 2.57 bits per heavy atom. The third-order valence-corrected chi connectivity index (χ3v) is 5.20. The van der Waals surface area contributed by atoms with Gasteiger partial charge in [0.1, 0.15) is 10.6 Å². The first kappa shape index (κ1) is 19.5. The number of hydrogen-bond acceptors (Lipinski definition) is 7. The van der Waals surface area contributed by atoms with Crippen LogP contribution < -0.4 is 0 Å². The van der Waals surface area contributed by atoms with Crippen molar-refractivity contribution in [1.82, 2.24) is 14.8 Å². The van der Waals surface area contributed by atoms with Gasteiger partial charge in [0.2, 0.25) is 0 Å². The van der Waals surface area contributed by atoms with E-state index in [0.717, 1.165) is 11.4 Å². The molecule has 2 aromatic heterocycles. The Hall–Kier alpha value is -3.31. The molecule has 0 unspecified atom stereocenters. The quantitative estimate of drug-likeness (QED) is 0.595. The number of aryl methyl sites for hydroxylation is 2. The lowest BCUT2D eigenvalue weighted by molar-refractivity contribution is -0.122. The van der Waals surface area contributed by atoms with Crippen molar-refractivity contribution in [2.24, 2.45) is 0 Å². The van der Waals surface area contributed by atoms with Crippen LogP contribution in [0.3, 0.4) is 0 Å². The number of benzene rings is 1. The van der Waals surface area contributed by atoms with Crippen LogP contribution in [0.25, 0.3) is 5.69 Å². The maximum atomic E-state index is 12.6. The number of nitrogens with zero attached hydrogens (tertiary/aromatic N) is 4. The van der Waals surface area contributed by atoms with E-state index in [4.69, 9.17) is 4.74 Å². The van der Waals surface area contributed by atoms with Gasteiger partial charge in [0, 0.05) is 11.1 Å². The number of hydrogen-bond donors (Lipinski definition) is 0. The van der Waals surface area contributed by atoms with E-state index in [1.165, 1.54) is 11.3 Å². The molecular weight excluding hydrogens is 376 g/mol. The topological polar surface area (TPSA) is 97.9 Å². The summed E-state index contributed by atoms with van der Waals surface area (Å²) in [6.45, 7) is 4.77. The molecule has 7 nitrogen and oxygen atoms in total. The molecule has 0 saturated carbocycles. The SMILES string of the molecule is Cc1csc([C@H](C#N)C(=O)COC(=O)c2c(C)nn(-c3ccccc3)c2C)n1. The average molecular weight is 394 g/mol. The minimum atomic E-state index is -1.04. The van der Waals surface area contributed by atoms with Gasteiger partial charge in [0.05, 0.1) is 23.1 Å². The fourth-order valence-electron chi connectivity index (χ4n) is 2.82. The monoisotopic (exact) mass is 394 g/mol. The van der Waals surface area contributed by atoms with E-state index in [-0.39, 0.29) is 0 Å². The second kappa shape index (κ2) is 8.15. The van der Waals surface area contributed by atoms with Gasteiger partial charge in [-0.1, -0.05) is 18.2 Å². The van der Waals surface area contributed by atoms with Gasteiger partial charge >= 0.3 is 5.97 Å². The summed E-state index contributed by atoms with van der Waals surface area (Å²) in [5.74, 6) is -2.19. The van der Waals surface area contributed by atoms with E-state index in [9.17, 15) is 14.9 Å². The van der Waals surface area contributed by atoms with E-state index in [1.807, 2.05) is 36.4 Å². The first-order valence-corrected chi connectivity index (χ1v) is 9.43. The molecule has 0 aliphatic heterocycles. The smallest absolute Gasteiger partial charge is 0.342 e. The molecule has 1 atom stereocenters. The summed E-state index contributed by atoms with van der Waals surface area (Å²) in [5, 5.41) is 15.9. The van der Waals surface area contributed by atoms with E-state index in [2.05, 4.69) is 10.1 Å². The number of aromatic nitrogens is 3. The van der Waals surface area contributed by atoms with Gasteiger partial charge in [-0.15, -0.1) is 11.3 Å². The number of rotatable bonds is 6. The number of nitriles is 1. The second-order valence-electron chi connectivity index (χ2n) is 6.22. The van der Waals surface area contributed by atoms with Crippen LogP contribution in [0.5, 0.6) is 0 Å². The molecule has 28 heavy (non-hydrogen) atoms. The molecule has 0 saturated heterocycles. The van der Waals surface area contributed by atoms with Gasteiger partial charge in [-0.3, -0.25) is 4.79 Å². The Morgan fingerprint density at radius 2 is 1.96 bits per heavy atom. The van der Waals surface area contributed by atoms with Gasteiger partial charge < -0.3 is 4.74 Å².